The maximum absolute atomic E-state index is 12.9. The molecule has 7 heteroatoms. The van der Waals surface area contributed by atoms with Gasteiger partial charge < -0.3 is 29.2 Å². The van der Waals surface area contributed by atoms with Gasteiger partial charge in [-0.3, -0.25) is 4.79 Å². The summed E-state index contributed by atoms with van der Waals surface area (Å²) in [6, 6.07) is 6.03. The van der Waals surface area contributed by atoms with E-state index in [0.717, 1.165) is 44.0 Å². The van der Waals surface area contributed by atoms with Gasteiger partial charge in [0, 0.05) is 23.4 Å². The molecule has 1 aromatic carbocycles. The van der Waals surface area contributed by atoms with Crippen molar-refractivity contribution >= 4 is 11.9 Å². The molecule has 146 valence electrons. The molecule has 2 atom stereocenters. The highest BCUT2D eigenvalue weighted by molar-refractivity contribution is 5.84. The largest absolute Gasteiger partial charge is 0.550 e. The molecule has 1 N–H and O–H groups in total. The predicted molar refractivity (Wildman–Crippen MR) is 94.0 cm³/mol. The van der Waals surface area contributed by atoms with Gasteiger partial charge in [0.1, 0.15) is 6.54 Å². The molecule has 0 radical (unpaired) electrons. The Morgan fingerprint density at radius 3 is 2.52 bits per heavy atom. The third-order valence-corrected chi connectivity index (χ3v) is 6.06. The number of carboxylic acids is 1. The number of piperazine rings is 1. The summed E-state index contributed by atoms with van der Waals surface area (Å²) in [4.78, 5) is 27.5. The third kappa shape index (κ3) is 3.88. The van der Waals surface area contributed by atoms with E-state index in [-0.39, 0.29) is 12.7 Å². The highest BCUT2D eigenvalue weighted by Gasteiger charge is 2.36. The van der Waals surface area contributed by atoms with Crippen molar-refractivity contribution in [2.75, 3.05) is 33.0 Å². The van der Waals surface area contributed by atoms with E-state index in [4.69, 9.17) is 9.47 Å². The molecule has 1 amide bonds. The summed E-state index contributed by atoms with van der Waals surface area (Å²) in [6.07, 6.45) is 3.03. The van der Waals surface area contributed by atoms with Gasteiger partial charge in [0.15, 0.2) is 11.5 Å². The Hall–Kier alpha value is -2.28. The third-order valence-electron chi connectivity index (χ3n) is 6.06. The van der Waals surface area contributed by atoms with Crippen LogP contribution < -0.4 is 19.5 Å². The van der Waals surface area contributed by atoms with Crippen molar-refractivity contribution in [3.8, 4) is 11.5 Å². The summed E-state index contributed by atoms with van der Waals surface area (Å²) in [7, 11) is 0. The molecule has 1 saturated carbocycles. The highest BCUT2D eigenvalue weighted by Crippen LogP contribution is 2.32. The molecule has 2 aliphatic heterocycles. The summed E-state index contributed by atoms with van der Waals surface area (Å²) >= 11 is 0. The Balaban J connectivity index is 1.32. The molecule has 3 aliphatic rings. The first-order valence-electron chi connectivity index (χ1n) is 9.83. The zero-order valence-electron chi connectivity index (χ0n) is 15.4. The maximum atomic E-state index is 12.9. The fourth-order valence-electron chi connectivity index (χ4n) is 4.50. The molecular weight excluding hydrogens is 348 g/mol. The second kappa shape index (κ2) is 7.76. The monoisotopic (exact) mass is 374 g/mol. The molecule has 2 fully saturated rings. The first kappa shape index (κ1) is 18.1. The smallest absolute Gasteiger partial charge is 0.231 e. The summed E-state index contributed by atoms with van der Waals surface area (Å²) in [6.45, 7) is 4.24. The minimum atomic E-state index is -1.07. The Morgan fingerprint density at radius 2 is 1.78 bits per heavy atom. The maximum Gasteiger partial charge on any atom is 0.231 e. The fourth-order valence-corrected chi connectivity index (χ4v) is 4.50. The lowest BCUT2D eigenvalue weighted by Crippen LogP contribution is -3.13. The van der Waals surface area contributed by atoms with Gasteiger partial charge in [0.25, 0.3) is 0 Å². The molecular formula is C20H26N2O5. The van der Waals surface area contributed by atoms with Crippen LogP contribution in [-0.2, 0) is 16.1 Å². The SMILES string of the molecule is O=C([O-])[C@@H]1CCCC[C@@H]1C(=O)N1CC[NH+](Cc2ccc3c(c2)OCO3)CC1. The molecule has 1 saturated heterocycles. The van der Waals surface area contributed by atoms with E-state index in [9.17, 15) is 14.7 Å². The molecule has 0 aromatic heterocycles. The number of nitrogens with one attached hydrogen (secondary N) is 1. The first-order chi connectivity index (χ1) is 13.1. The zero-order valence-corrected chi connectivity index (χ0v) is 15.4. The second-order valence-corrected chi connectivity index (χ2v) is 7.76. The van der Waals surface area contributed by atoms with Crippen molar-refractivity contribution in [3.63, 3.8) is 0 Å². The summed E-state index contributed by atoms with van der Waals surface area (Å²) < 4.78 is 10.8. The number of carboxylic acid groups (broad SMARTS) is 1. The topological polar surface area (TPSA) is 83.3 Å². The van der Waals surface area contributed by atoms with Gasteiger partial charge in [-0.2, -0.15) is 0 Å². The number of quaternary nitrogens is 1. The quantitative estimate of drug-likeness (QED) is 0.746. The number of ether oxygens (including phenoxy) is 2. The van der Waals surface area contributed by atoms with Gasteiger partial charge in [0.2, 0.25) is 12.7 Å². The lowest BCUT2D eigenvalue weighted by molar-refractivity contribution is -0.917. The van der Waals surface area contributed by atoms with Crippen LogP contribution in [0.15, 0.2) is 18.2 Å². The van der Waals surface area contributed by atoms with Crippen LogP contribution in [0.4, 0.5) is 0 Å². The number of hydrogen-bond donors (Lipinski definition) is 1. The number of benzene rings is 1. The number of fused-ring (bicyclic) bond motifs is 1. The molecule has 0 bridgehead atoms. The minimum Gasteiger partial charge on any atom is -0.550 e. The molecule has 27 heavy (non-hydrogen) atoms. The second-order valence-electron chi connectivity index (χ2n) is 7.76. The Kier molecular flexibility index (Phi) is 5.20. The normalized spacial score (nSPS) is 25.4. The van der Waals surface area contributed by atoms with E-state index in [1.807, 2.05) is 17.0 Å². The van der Waals surface area contributed by atoms with Gasteiger partial charge in [0.05, 0.1) is 26.2 Å². The van der Waals surface area contributed by atoms with Crippen molar-refractivity contribution in [2.45, 2.75) is 32.2 Å². The van der Waals surface area contributed by atoms with Crippen LogP contribution >= 0.6 is 0 Å². The van der Waals surface area contributed by atoms with Crippen LogP contribution in [0.3, 0.4) is 0 Å². The standard InChI is InChI=1S/C20H26N2O5/c23-19(15-3-1-2-4-16(15)20(24)25)22-9-7-21(8-10-22)12-14-5-6-17-18(11-14)27-13-26-17/h5-6,11,15-16H,1-4,7-10,12-13H2,(H,24,25)/t15-,16+/m0/s1. The number of amides is 1. The lowest BCUT2D eigenvalue weighted by atomic mass is 9.78. The van der Waals surface area contributed by atoms with Crippen molar-refractivity contribution in [1.82, 2.24) is 4.90 Å². The Bertz CT molecular complexity index is 714. The number of rotatable bonds is 4. The van der Waals surface area contributed by atoms with Crippen LogP contribution in [0.2, 0.25) is 0 Å². The van der Waals surface area contributed by atoms with Crippen LogP contribution in [0.5, 0.6) is 11.5 Å². The molecule has 7 nitrogen and oxygen atoms in total. The number of nitrogens with zero attached hydrogens (tertiary/aromatic N) is 1. The minimum absolute atomic E-state index is 0.00558. The summed E-state index contributed by atoms with van der Waals surface area (Å²) in [5, 5.41) is 11.4. The van der Waals surface area contributed by atoms with Gasteiger partial charge in [-0.05, 0) is 31.0 Å². The molecule has 0 unspecified atom stereocenters. The van der Waals surface area contributed by atoms with Crippen molar-refractivity contribution in [1.29, 1.82) is 0 Å². The first-order valence-corrected chi connectivity index (χ1v) is 9.83. The summed E-state index contributed by atoms with van der Waals surface area (Å²) in [5.41, 5.74) is 1.19. The van der Waals surface area contributed by atoms with Crippen molar-refractivity contribution < 1.29 is 29.1 Å². The van der Waals surface area contributed by atoms with Gasteiger partial charge in [-0.1, -0.05) is 12.8 Å². The van der Waals surface area contributed by atoms with E-state index in [1.165, 1.54) is 10.5 Å². The van der Waals surface area contributed by atoms with E-state index in [1.54, 1.807) is 0 Å². The number of carbonyl (C=O) groups excluding carboxylic acids is 2. The molecule has 1 aromatic rings. The average molecular weight is 374 g/mol. The van der Waals surface area contributed by atoms with Gasteiger partial charge in [-0.25, -0.2) is 0 Å². The number of aliphatic carboxylic acids is 1. The summed E-state index contributed by atoms with van der Waals surface area (Å²) in [5.74, 6) is -0.499. The van der Waals surface area contributed by atoms with Crippen molar-refractivity contribution in [2.24, 2.45) is 11.8 Å². The van der Waals surface area contributed by atoms with Crippen LogP contribution in [0.25, 0.3) is 0 Å². The van der Waals surface area contributed by atoms with Gasteiger partial charge in [-0.15, -0.1) is 0 Å². The van der Waals surface area contributed by atoms with Crippen LogP contribution in [-0.4, -0.2) is 49.7 Å². The van der Waals surface area contributed by atoms with Gasteiger partial charge >= 0.3 is 0 Å². The lowest BCUT2D eigenvalue weighted by Gasteiger charge is -2.38. The number of carbonyl (C=O) groups is 2. The highest BCUT2D eigenvalue weighted by atomic mass is 16.7. The predicted octanol–water partition coefficient (Wildman–Crippen LogP) is -0.801. The number of hydrogen-bond acceptors (Lipinski definition) is 5. The Morgan fingerprint density at radius 1 is 1.07 bits per heavy atom. The Labute approximate surface area is 158 Å². The molecule has 2 heterocycles. The van der Waals surface area contributed by atoms with Crippen LogP contribution in [0, 0.1) is 11.8 Å². The average Bonchev–Trinajstić information content (AvgIpc) is 3.16. The molecule has 1 aliphatic carbocycles. The van der Waals surface area contributed by atoms with E-state index < -0.39 is 17.8 Å². The van der Waals surface area contributed by atoms with E-state index in [0.29, 0.717) is 25.9 Å². The zero-order chi connectivity index (χ0) is 18.8. The fraction of sp³-hybridized carbons (Fsp3) is 0.600. The van der Waals surface area contributed by atoms with Crippen molar-refractivity contribution in [3.05, 3.63) is 23.8 Å². The molecule has 4 rings (SSSR count). The molecule has 0 spiro atoms. The van der Waals surface area contributed by atoms with Crippen LogP contribution in [0.1, 0.15) is 31.2 Å². The van der Waals surface area contributed by atoms with E-state index in [2.05, 4.69) is 6.07 Å². The van der Waals surface area contributed by atoms with E-state index >= 15 is 0 Å².